The Labute approximate surface area is 90.2 Å². The quantitative estimate of drug-likeness (QED) is 0.885. The molecule has 0 saturated heterocycles. The predicted molar refractivity (Wildman–Crippen MR) is 51.2 cm³/mol. The second-order valence-electron chi connectivity index (χ2n) is 2.63. The third-order valence-electron chi connectivity index (χ3n) is 1.61. The summed E-state index contributed by atoms with van der Waals surface area (Å²) in [6.07, 6.45) is 0. The number of benzene rings is 1. The summed E-state index contributed by atoms with van der Waals surface area (Å²) in [7, 11) is -4.57. The highest BCUT2D eigenvalue weighted by molar-refractivity contribution is 7.92. The van der Waals surface area contributed by atoms with Gasteiger partial charge in [0.05, 0.1) is 9.92 Å². The minimum atomic E-state index is -4.57. The van der Waals surface area contributed by atoms with E-state index in [2.05, 4.69) is 0 Å². The van der Waals surface area contributed by atoms with Crippen molar-refractivity contribution in [3.05, 3.63) is 29.3 Å². The number of carboxylic acids is 1. The molecule has 0 spiro atoms. The summed E-state index contributed by atoms with van der Waals surface area (Å²) in [5.41, 5.74) is -3.00. The number of hydrogen-bond donors (Lipinski definition) is 1. The van der Waals surface area contributed by atoms with Crippen molar-refractivity contribution in [3.63, 3.8) is 0 Å². The molecular weight excluding hydrogens is 247 g/mol. The van der Waals surface area contributed by atoms with Gasteiger partial charge in [0.1, 0.15) is 0 Å². The van der Waals surface area contributed by atoms with E-state index in [0.717, 1.165) is 6.07 Å². The Hall–Kier alpha value is -1.14. The molecule has 0 radical (unpaired) electrons. The van der Waals surface area contributed by atoms with E-state index >= 15 is 0 Å². The van der Waals surface area contributed by atoms with E-state index in [-0.39, 0.29) is 5.02 Å². The van der Waals surface area contributed by atoms with Gasteiger partial charge in [-0.15, -0.1) is 0 Å². The van der Waals surface area contributed by atoms with E-state index in [9.17, 15) is 17.6 Å². The molecule has 0 aliphatic rings. The van der Waals surface area contributed by atoms with Crippen molar-refractivity contribution in [2.45, 2.75) is 10.4 Å². The summed E-state index contributed by atoms with van der Waals surface area (Å²) < 4.78 is 35.6. The Morgan fingerprint density at radius 3 is 2.40 bits per heavy atom. The van der Waals surface area contributed by atoms with Crippen LogP contribution < -0.4 is 0 Å². The van der Waals surface area contributed by atoms with Gasteiger partial charge in [-0.2, -0.15) is 0 Å². The van der Waals surface area contributed by atoms with Gasteiger partial charge >= 0.3 is 11.5 Å². The number of rotatable bonds is 3. The van der Waals surface area contributed by atoms with Crippen molar-refractivity contribution in [1.29, 1.82) is 0 Å². The van der Waals surface area contributed by atoms with Gasteiger partial charge in [-0.1, -0.05) is 23.7 Å². The van der Waals surface area contributed by atoms with Gasteiger partial charge in [-0.25, -0.2) is 17.6 Å². The molecule has 0 bridgehead atoms. The Balaban J connectivity index is 3.30. The van der Waals surface area contributed by atoms with Crippen LogP contribution in [0.2, 0.25) is 5.02 Å². The van der Waals surface area contributed by atoms with Gasteiger partial charge in [0.15, 0.2) is 0 Å². The second-order valence-corrected chi connectivity index (χ2v) is 4.98. The summed E-state index contributed by atoms with van der Waals surface area (Å²) in [6, 6.07) is 5.07. The molecule has 0 aliphatic heterocycles. The van der Waals surface area contributed by atoms with Gasteiger partial charge in [0, 0.05) is 0 Å². The van der Waals surface area contributed by atoms with Crippen LogP contribution in [0.15, 0.2) is 29.2 Å². The number of aliphatic carboxylic acids is 1. The number of sulfone groups is 1. The maximum absolute atomic E-state index is 12.9. The van der Waals surface area contributed by atoms with E-state index in [0.29, 0.717) is 0 Å². The fourth-order valence-electron chi connectivity index (χ4n) is 0.920. The largest absolute Gasteiger partial charge is 0.478 e. The fourth-order valence-corrected chi connectivity index (χ4v) is 2.47. The third-order valence-corrected chi connectivity index (χ3v) is 3.77. The fraction of sp³-hybridized carbons (Fsp3) is 0.125. The highest BCUT2D eigenvalue weighted by Crippen LogP contribution is 2.25. The lowest BCUT2D eigenvalue weighted by molar-refractivity contribution is -0.139. The molecule has 0 heterocycles. The number of halogens is 2. The maximum atomic E-state index is 12.9. The van der Waals surface area contributed by atoms with Crippen molar-refractivity contribution in [2.24, 2.45) is 0 Å². The van der Waals surface area contributed by atoms with Crippen LogP contribution in [0.5, 0.6) is 0 Å². The van der Waals surface area contributed by atoms with Crippen LogP contribution >= 0.6 is 11.6 Å². The first-order chi connectivity index (χ1) is 6.87. The van der Waals surface area contributed by atoms with E-state index < -0.39 is 26.2 Å². The highest BCUT2D eigenvalue weighted by Gasteiger charge is 2.35. The average molecular weight is 253 g/mol. The molecule has 0 aliphatic carbocycles. The molecule has 15 heavy (non-hydrogen) atoms. The van der Waals surface area contributed by atoms with Crippen molar-refractivity contribution >= 4 is 27.4 Å². The maximum Gasteiger partial charge on any atom is 0.354 e. The number of alkyl halides is 1. The molecule has 1 aromatic carbocycles. The van der Waals surface area contributed by atoms with Gasteiger partial charge in [-0.05, 0) is 12.1 Å². The highest BCUT2D eigenvalue weighted by atomic mass is 35.5. The van der Waals surface area contributed by atoms with Crippen LogP contribution in [0.3, 0.4) is 0 Å². The van der Waals surface area contributed by atoms with Crippen LogP contribution in [-0.2, 0) is 14.6 Å². The molecule has 0 fully saturated rings. The second kappa shape index (κ2) is 4.16. The zero-order valence-electron chi connectivity index (χ0n) is 7.22. The first-order valence-corrected chi connectivity index (χ1v) is 5.65. The lowest BCUT2D eigenvalue weighted by Crippen LogP contribution is -2.25. The lowest BCUT2D eigenvalue weighted by atomic mass is 10.4. The Kier molecular flexibility index (Phi) is 3.31. The molecule has 0 saturated carbocycles. The van der Waals surface area contributed by atoms with E-state index in [1.807, 2.05) is 0 Å². The first kappa shape index (κ1) is 11.9. The monoisotopic (exact) mass is 252 g/mol. The summed E-state index contributed by atoms with van der Waals surface area (Å²) in [5, 5.41) is 8.07. The molecule has 1 atom stereocenters. The Morgan fingerprint density at radius 1 is 1.40 bits per heavy atom. The van der Waals surface area contributed by atoms with Crippen molar-refractivity contribution in [2.75, 3.05) is 0 Å². The van der Waals surface area contributed by atoms with Crippen molar-refractivity contribution < 1.29 is 22.7 Å². The minimum absolute atomic E-state index is 0.207. The van der Waals surface area contributed by atoms with Crippen LogP contribution in [0.25, 0.3) is 0 Å². The van der Waals surface area contributed by atoms with Crippen LogP contribution in [-0.4, -0.2) is 25.0 Å². The predicted octanol–water partition coefficient (Wildman–Crippen LogP) is 1.49. The van der Waals surface area contributed by atoms with E-state index in [1.54, 1.807) is 0 Å². The number of carbonyl (C=O) groups is 1. The van der Waals surface area contributed by atoms with Crippen molar-refractivity contribution in [1.82, 2.24) is 0 Å². The molecule has 1 N–H and O–H groups in total. The van der Waals surface area contributed by atoms with Crippen LogP contribution in [0, 0.1) is 0 Å². The molecule has 1 unspecified atom stereocenters. The molecule has 82 valence electrons. The van der Waals surface area contributed by atoms with Gasteiger partial charge in [0.2, 0.25) is 9.84 Å². The standard InChI is InChI=1S/C8H6ClFO4S/c9-5-3-1-2-4-6(5)15(13,14)7(10)8(11)12/h1-4,7H,(H,11,12). The molecular formula is C8H6ClFO4S. The lowest BCUT2D eigenvalue weighted by Gasteiger charge is -2.06. The van der Waals surface area contributed by atoms with Crippen LogP contribution in [0.4, 0.5) is 4.39 Å². The normalized spacial score (nSPS) is 13.5. The first-order valence-electron chi connectivity index (χ1n) is 3.72. The van der Waals surface area contributed by atoms with Gasteiger partial charge < -0.3 is 5.11 Å². The minimum Gasteiger partial charge on any atom is -0.478 e. The smallest absolute Gasteiger partial charge is 0.354 e. The number of hydrogen-bond acceptors (Lipinski definition) is 3. The molecule has 7 heteroatoms. The zero-order chi connectivity index (χ0) is 11.6. The SMILES string of the molecule is O=C(O)C(F)S(=O)(=O)c1ccccc1Cl. The van der Waals surface area contributed by atoms with E-state index in [1.165, 1.54) is 18.2 Å². The third kappa shape index (κ3) is 2.27. The summed E-state index contributed by atoms with van der Waals surface area (Å²) in [5.74, 6) is -2.06. The Morgan fingerprint density at radius 2 is 1.93 bits per heavy atom. The summed E-state index contributed by atoms with van der Waals surface area (Å²) in [4.78, 5) is 9.71. The van der Waals surface area contributed by atoms with Gasteiger partial charge in [0.25, 0.3) is 0 Å². The average Bonchev–Trinajstić information content (AvgIpc) is 2.16. The molecule has 1 aromatic rings. The zero-order valence-corrected chi connectivity index (χ0v) is 8.80. The topological polar surface area (TPSA) is 71.4 Å². The molecule has 4 nitrogen and oxygen atoms in total. The molecule has 0 amide bonds. The van der Waals surface area contributed by atoms with E-state index in [4.69, 9.17) is 16.7 Å². The van der Waals surface area contributed by atoms with Crippen LogP contribution in [0.1, 0.15) is 0 Å². The molecule has 0 aromatic heterocycles. The summed E-state index contributed by atoms with van der Waals surface area (Å²) >= 11 is 5.52. The molecule has 1 rings (SSSR count). The Bertz CT molecular complexity index is 485. The number of carboxylic acid groups (broad SMARTS) is 1. The summed E-state index contributed by atoms with van der Waals surface area (Å²) in [6.45, 7) is 0. The van der Waals surface area contributed by atoms with Crippen molar-refractivity contribution in [3.8, 4) is 0 Å². The van der Waals surface area contributed by atoms with Gasteiger partial charge in [-0.3, -0.25) is 0 Å².